The van der Waals surface area contributed by atoms with Crippen molar-refractivity contribution in [2.24, 2.45) is 0 Å². The van der Waals surface area contributed by atoms with Gasteiger partial charge in [0.15, 0.2) is 0 Å². The standard InChI is InChI=1S/C17H23NO3/c1-17(2)9-4-10-18(17)12-14-11-15(21-3)7-5-13(14)6-8-16(19)20/h5-8,11H,4,9-10,12H2,1-3H3,(H,19,20). The van der Waals surface area contributed by atoms with Gasteiger partial charge in [-0.3, -0.25) is 4.90 Å². The molecule has 0 bridgehead atoms. The van der Waals surface area contributed by atoms with E-state index in [0.717, 1.165) is 30.0 Å². The molecule has 0 aliphatic carbocycles. The van der Waals surface area contributed by atoms with Gasteiger partial charge in [-0.15, -0.1) is 0 Å². The summed E-state index contributed by atoms with van der Waals surface area (Å²) >= 11 is 0. The Kier molecular flexibility index (Phi) is 4.68. The molecule has 1 aromatic rings. The van der Waals surface area contributed by atoms with Gasteiger partial charge < -0.3 is 9.84 Å². The average molecular weight is 289 g/mol. The summed E-state index contributed by atoms with van der Waals surface area (Å²) in [7, 11) is 1.64. The maximum atomic E-state index is 10.7. The van der Waals surface area contributed by atoms with Gasteiger partial charge in [-0.2, -0.15) is 0 Å². The molecule has 2 rings (SSSR count). The van der Waals surface area contributed by atoms with Crippen molar-refractivity contribution in [2.75, 3.05) is 13.7 Å². The molecule has 0 amide bonds. The van der Waals surface area contributed by atoms with Crippen molar-refractivity contribution in [1.29, 1.82) is 0 Å². The zero-order chi connectivity index (χ0) is 15.5. The van der Waals surface area contributed by atoms with Crippen LogP contribution in [0.2, 0.25) is 0 Å². The summed E-state index contributed by atoms with van der Waals surface area (Å²) in [6.45, 7) is 6.40. The van der Waals surface area contributed by atoms with E-state index in [9.17, 15) is 4.79 Å². The molecule has 1 aliphatic heterocycles. The van der Waals surface area contributed by atoms with Crippen molar-refractivity contribution in [3.05, 3.63) is 35.4 Å². The molecule has 1 N–H and O–H groups in total. The van der Waals surface area contributed by atoms with Crippen LogP contribution >= 0.6 is 0 Å². The minimum atomic E-state index is -0.932. The number of methoxy groups -OCH3 is 1. The quantitative estimate of drug-likeness (QED) is 0.846. The summed E-state index contributed by atoms with van der Waals surface area (Å²) in [5.74, 6) is -0.132. The van der Waals surface area contributed by atoms with Crippen LogP contribution in [-0.2, 0) is 11.3 Å². The number of carboxylic acid groups (broad SMARTS) is 1. The molecule has 0 radical (unpaired) electrons. The zero-order valence-corrected chi connectivity index (χ0v) is 12.9. The lowest BCUT2D eigenvalue weighted by Crippen LogP contribution is -2.37. The van der Waals surface area contributed by atoms with Gasteiger partial charge in [0.2, 0.25) is 0 Å². The molecule has 1 aromatic carbocycles. The average Bonchev–Trinajstić information content (AvgIpc) is 2.76. The van der Waals surface area contributed by atoms with E-state index in [2.05, 4.69) is 18.7 Å². The molecule has 0 atom stereocenters. The summed E-state index contributed by atoms with van der Waals surface area (Å²) in [5.41, 5.74) is 2.22. The molecule has 1 fully saturated rings. The molecule has 0 unspecified atom stereocenters. The van der Waals surface area contributed by atoms with E-state index in [-0.39, 0.29) is 5.54 Å². The minimum absolute atomic E-state index is 0.191. The highest BCUT2D eigenvalue weighted by atomic mass is 16.5. The number of rotatable bonds is 5. The molecule has 0 saturated carbocycles. The molecule has 1 saturated heterocycles. The van der Waals surface area contributed by atoms with Crippen LogP contribution in [0.1, 0.15) is 37.8 Å². The highest BCUT2D eigenvalue weighted by molar-refractivity contribution is 5.85. The topological polar surface area (TPSA) is 49.8 Å². The first-order valence-electron chi connectivity index (χ1n) is 7.25. The summed E-state index contributed by atoms with van der Waals surface area (Å²) in [6.07, 6.45) is 5.23. The third kappa shape index (κ3) is 3.85. The summed E-state index contributed by atoms with van der Waals surface area (Å²) < 4.78 is 5.29. The van der Waals surface area contributed by atoms with Gasteiger partial charge >= 0.3 is 5.97 Å². The van der Waals surface area contributed by atoms with Gasteiger partial charge in [0.25, 0.3) is 0 Å². The SMILES string of the molecule is COc1ccc(C=CC(=O)O)c(CN2CCCC2(C)C)c1. The maximum absolute atomic E-state index is 10.7. The lowest BCUT2D eigenvalue weighted by atomic mass is 10.00. The molecule has 21 heavy (non-hydrogen) atoms. The molecule has 0 spiro atoms. The number of hydrogen-bond acceptors (Lipinski definition) is 3. The van der Waals surface area contributed by atoms with Crippen LogP contribution in [0.3, 0.4) is 0 Å². The van der Waals surface area contributed by atoms with Crippen LogP contribution in [0.5, 0.6) is 5.75 Å². The predicted molar refractivity (Wildman–Crippen MR) is 83.4 cm³/mol. The Balaban J connectivity index is 2.28. The smallest absolute Gasteiger partial charge is 0.328 e. The molecular formula is C17H23NO3. The van der Waals surface area contributed by atoms with Crippen molar-refractivity contribution in [2.45, 2.75) is 38.8 Å². The number of hydrogen-bond donors (Lipinski definition) is 1. The number of carboxylic acids is 1. The summed E-state index contributed by atoms with van der Waals surface area (Å²) in [4.78, 5) is 13.2. The molecule has 1 heterocycles. The molecular weight excluding hydrogens is 266 g/mol. The van der Waals surface area contributed by atoms with E-state index < -0.39 is 5.97 Å². The van der Waals surface area contributed by atoms with E-state index in [4.69, 9.17) is 9.84 Å². The van der Waals surface area contributed by atoms with Gasteiger partial charge in [0.05, 0.1) is 7.11 Å². The van der Waals surface area contributed by atoms with Crippen molar-refractivity contribution < 1.29 is 14.6 Å². The van der Waals surface area contributed by atoms with Crippen molar-refractivity contribution in [3.8, 4) is 5.75 Å². The van der Waals surface area contributed by atoms with E-state index in [0.29, 0.717) is 0 Å². The van der Waals surface area contributed by atoms with Crippen LogP contribution in [0.15, 0.2) is 24.3 Å². The van der Waals surface area contributed by atoms with Gasteiger partial charge in [0, 0.05) is 18.2 Å². The Morgan fingerprint density at radius 1 is 1.48 bits per heavy atom. The van der Waals surface area contributed by atoms with Crippen LogP contribution in [0.25, 0.3) is 6.08 Å². The number of nitrogens with zero attached hydrogens (tertiary/aromatic N) is 1. The molecule has 114 valence electrons. The number of aliphatic carboxylic acids is 1. The van der Waals surface area contributed by atoms with Crippen LogP contribution in [0, 0.1) is 0 Å². The van der Waals surface area contributed by atoms with E-state index >= 15 is 0 Å². The largest absolute Gasteiger partial charge is 0.497 e. The fraction of sp³-hybridized carbons (Fsp3) is 0.471. The fourth-order valence-electron chi connectivity index (χ4n) is 2.83. The van der Waals surface area contributed by atoms with Crippen molar-refractivity contribution in [3.63, 3.8) is 0 Å². The Labute approximate surface area is 126 Å². The molecule has 4 heteroatoms. The van der Waals surface area contributed by atoms with Gasteiger partial charge in [-0.25, -0.2) is 4.79 Å². The van der Waals surface area contributed by atoms with Crippen LogP contribution in [0.4, 0.5) is 0 Å². The van der Waals surface area contributed by atoms with E-state index in [1.165, 1.54) is 18.9 Å². The monoisotopic (exact) mass is 289 g/mol. The number of benzene rings is 1. The fourth-order valence-corrected chi connectivity index (χ4v) is 2.83. The second-order valence-corrected chi connectivity index (χ2v) is 6.07. The highest BCUT2D eigenvalue weighted by Crippen LogP contribution is 2.31. The second-order valence-electron chi connectivity index (χ2n) is 6.07. The molecule has 0 aromatic heterocycles. The van der Waals surface area contributed by atoms with Crippen LogP contribution < -0.4 is 4.74 Å². The first kappa shape index (κ1) is 15.6. The molecule has 4 nitrogen and oxygen atoms in total. The van der Waals surface area contributed by atoms with Crippen molar-refractivity contribution >= 4 is 12.0 Å². The Hall–Kier alpha value is -1.81. The first-order valence-corrected chi connectivity index (χ1v) is 7.25. The van der Waals surface area contributed by atoms with Gasteiger partial charge in [0.1, 0.15) is 5.75 Å². The minimum Gasteiger partial charge on any atom is -0.497 e. The summed E-state index contributed by atoms with van der Waals surface area (Å²) in [5, 5.41) is 8.81. The number of carbonyl (C=O) groups is 1. The summed E-state index contributed by atoms with van der Waals surface area (Å²) in [6, 6.07) is 5.77. The number of ether oxygens (including phenoxy) is 1. The van der Waals surface area contributed by atoms with E-state index in [1.807, 2.05) is 18.2 Å². The normalized spacial score (nSPS) is 18.2. The van der Waals surface area contributed by atoms with Crippen molar-refractivity contribution in [1.82, 2.24) is 4.90 Å². The third-order valence-corrected chi connectivity index (χ3v) is 4.19. The Morgan fingerprint density at radius 2 is 2.24 bits per heavy atom. The molecule has 1 aliphatic rings. The van der Waals surface area contributed by atoms with E-state index in [1.54, 1.807) is 13.2 Å². The highest BCUT2D eigenvalue weighted by Gasteiger charge is 2.31. The first-order chi connectivity index (χ1) is 9.92. The second kappa shape index (κ2) is 6.31. The van der Waals surface area contributed by atoms with Gasteiger partial charge in [-0.1, -0.05) is 6.07 Å². The Morgan fingerprint density at radius 3 is 2.81 bits per heavy atom. The zero-order valence-electron chi connectivity index (χ0n) is 12.9. The predicted octanol–water partition coefficient (Wildman–Crippen LogP) is 3.17. The van der Waals surface area contributed by atoms with Crippen LogP contribution in [-0.4, -0.2) is 35.2 Å². The third-order valence-electron chi connectivity index (χ3n) is 4.19. The lowest BCUT2D eigenvalue weighted by Gasteiger charge is -2.32. The maximum Gasteiger partial charge on any atom is 0.328 e. The number of likely N-dealkylation sites (tertiary alicyclic amines) is 1. The lowest BCUT2D eigenvalue weighted by molar-refractivity contribution is -0.131. The Bertz CT molecular complexity index is 549. The van der Waals surface area contributed by atoms with Gasteiger partial charge in [-0.05, 0) is 62.6 Å².